The average Bonchev–Trinajstić information content (AvgIpc) is 2.91. The molecule has 0 aromatic heterocycles. The van der Waals surface area contributed by atoms with Gasteiger partial charge < -0.3 is 24.4 Å². The normalized spacial score (nSPS) is 10.9. The molecular weight excluding hydrogens is 452 g/mol. The van der Waals surface area contributed by atoms with Crippen LogP contribution in [-0.4, -0.2) is 45.2 Å². The molecule has 0 saturated carbocycles. The molecule has 0 bridgehead atoms. The summed E-state index contributed by atoms with van der Waals surface area (Å²) in [4.78, 5) is 14.9. The number of amides is 1. The van der Waals surface area contributed by atoms with Crippen molar-refractivity contribution in [2.75, 3.05) is 39.7 Å². The highest BCUT2D eigenvalue weighted by Gasteiger charge is 2.08. The van der Waals surface area contributed by atoms with Gasteiger partial charge in [0.25, 0.3) is 5.91 Å². The SMILES string of the molecule is COc1ccc(CN(C)CCCOc2ccc(NC(=O)c3ccc4ccccc4c3)cc2)cc1OC. The summed E-state index contributed by atoms with van der Waals surface area (Å²) in [5.41, 5.74) is 2.53. The maximum absolute atomic E-state index is 12.7. The van der Waals surface area contributed by atoms with Gasteiger partial charge in [-0.2, -0.15) is 0 Å². The van der Waals surface area contributed by atoms with Crippen LogP contribution in [0.5, 0.6) is 17.2 Å². The predicted octanol–water partition coefficient (Wildman–Crippen LogP) is 6.01. The Morgan fingerprint density at radius 3 is 2.33 bits per heavy atom. The topological polar surface area (TPSA) is 60.0 Å². The van der Waals surface area contributed by atoms with E-state index < -0.39 is 0 Å². The first-order valence-electron chi connectivity index (χ1n) is 12.0. The van der Waals surface area contributed by atoms with Crippen molar-refractivity contribution in [3.63, 3.8) is 0 Å². The largest absolute Gasteiger partial charge is 0.494 e. The second-order valence-corrected chi connectivity index (χ2v) is 8.67. The summed E-state index contributed by atoms with van der Waals surface area (Å²) in [5, 5.41) is 5.11. The second kappa shape index (κ2) is 12.1. The van der Waals surface area contributed by atoms with Gasteiger partial charge in [0.15, 0.2) is 11.5 Å². The van der Waals surface area contributed by atoms with E-state index in [1.165, 1.54) is 0 Å². The number of carbonyl (C=O) groups excluding carboxylic acids is 1. The van der Waals surface area contributed by atoms with Gasteiger partial charge in [-0.25, -0.2) is 0 Å². The molecule has 4 rings (SSSR count). The Morgan fingerprint density at radius 1 is 0.833 bits per heavy atom. The van der Waals surface area contributed by atoms with E-state index >= 15 is 0 Å². The first-order chi connectivity index (χ1) is 17.6. The van der Waals surface area contributed by atoms with Crippen LogP contribution in [0.15, 0.2) is 84.9 Å². The Labute approximate surface area is 212 Å². The quantitative estimate of drug-likeness (QED) is 0.264. The highest BCUT2D eigenvalue weighted by molar-refractivity contribution is 6.06. The molecule has 0 heterocycles. The molecule has 0 fully saturated rings. The highest BCUT2D eigenvalue weighted by atomic mass is 16.5. The lowest BCUT2D eigenvalue weighted by atomic mass is 10.1. The van der Waals surface area contributed by atoms with Gasteiger partial charge in [-0.05, 0) is 78.3 Å². The van der Waals surface area contributed by atoms with Gasteiger partial charge in [-0.3, -0.25) is 4.79 Å². The van der Waals surface area contributed by atoms with Crippen LogP contribution in [0, 0.1) is 0 Å². The maximum Gasteiger partial charge on any atom is 0.255 e. The van der Waals surface area contributed by atoms with Crippen LogP contribution in [0.2, 0.25) is 0 Å². The average molecular weight is 485 g/mol. The molecule has 0 aliphatic carbocycles. The molecule has 6 heteroatoms. The molecule has 4 aromatic rings. The number of nitrogens with one attached hydrogen (secondary N) is 1. The lowest BCUT2D eigenvalue weighted by Gasteiger charge is -2.18. The molecule has 1 N–H and O–H groups in total. The summed E-state index contributed by atoms with van der Waals surface area (Å²) in [6.45, 7) is 2.32. The van der Waals surface area contributed by atoms with Gasteiger partial charge in [0.05, 0.1) is 20.8 Å². The third-order valence-electron chi connectivity index (χ3n) is 5.98. The fraction of sp³-hybridized carbons (Fsp3) is 0.233. The number of hydrogen-bond acceptors (Lipinski definition) is 5. The van der Waals surface area contributed by atoms with Gasteiger partial charge >= 0.3 is 0 Å². The zero-order valence-corrected chi connectivity index (χ0v) is 21.0. The van der Waals surface area contributed by atoms with Gasteiger partial charge in [0, 0.05) is 24.3 Å². The summed E-state index contributed by atoms with van der Waals surface area (Å²) in [5.74, 6) is 2.12. The molecule has 1 amide bonds. The number of ether oxygens (including phenoxy) is 3. The monoisotopic (exact) mass is 484 g/mol. The van der Waals surface area contributed by atoms with Crippen molar-refractivity contribution in [3.05, 3.63) is 96.1 Å². The summed E-state index contributed by atoms with van der Waals surface area (Å²) in [6, 6.07) is 27.2. The molecule has 0 aliphatic rings. The Hall–Kier alpha value is -4.03. The van der Waals surface area contributed by atoms with E-state index in [0.29, 0.717) is 12.2 Å². The number of rotatable bonds is 11. The Morgan fingerprint density at radius 2 is 1.58 bits per heavy atom. The number of methoxy groups -OCH3 is 2. The number of carbonyl (C=O) groups is 1. The molecule has 0 radical (unpaired) electrons. The first kappa shape index (κ1) is 25.1. The number of benzene rings is 4. The summed E-state index contributed by atoms with van der Waals surface area (Å²) in [7, 11) is 5.37. The Bertz CT molecular complexity index is 1300. The van der Waals surface area contributed by atoms with E-state index in [-0.39, 0.29) is 5.91 Å². The molecule has 186 valence electrons. The molecule has 36 heavy (non-hydrogen) atoms. The van der Waals surface area contributed by atoms with Crippen molar-refractivity contribution in [2.24, 2.45) is 0 Å². The summed E-state index contributed by atoms with van der Waals surface area (Å²) < 4.78 is 16.6. The van der Waals surface area contributed by atoms with Crippen molar-refractivity contribution >= 4 is 22.4 Å². The minimum absolute atomic E-state index is 0.132. The van der Waals surface area contributed by atoms with Crippen LogP contribution in [0.25, 0.3) is 10.8 Å². The minimum Gasteiger partial charge on any atom is -0.494 e. The summed E-state index contributed by atoms with van der Waals surface area (Å²) >= 11 is 0. The van der Waals surface area contributed by atoms with Gasteiger partial charge in [-0.15, -0.1) is 0 Å². The number of hydrogen-bond donors (Lipinski definition) is 1. The van der Waals surface area contributed by atoms with Crippen molar-refractivity contribution in [1.82, 2.24) is 4.90 Å². The zero-order chi connectivity index (χ0) is 25.3. The molecule has 0 saturated heterocycles. The Balaban J connectivity index is 1.21. The molecule has 0 unspecified atom stereocenters. The highest BCUT2D eigenvalue weighted by Crippen LogP contribution is 2.28. The van der Waals surface area contributed by atoms with Crippen LogP contribution in [0.1, 0.15) is 22.3 Å². The fourth-order valence-corrected chi connectivity index (χ4v) is 4.06. The molecule has 4 aromatic carbocycles. The molecule has 0 atom stereocenters. The van der Waals surface area contributed by atoms with E-state index in [1.807, 2.05) is 78.9 Å². The molecular formula is C30H32N2O4. The van der Waals surface area contributed by atoms with E-state index in [1.54, 1.807) is 14.2 Å². The van der Waals surface area contributed by atoms with Crippen molar-refractivity contribution in [1.29, 1.82) is 0 Å². The van der Waals surface area contributed by atoms with E-state index in [4.69, 9.17) is 14.2 Å². The lowest BCUT2D eigenvalue weighted by Crippen LogP contribution is -2.20. The smallest absolute Gasteiger partial charge is 0.255 e. The van der Waals surface area contributed by atoms with E-state index in [0.717, 1.165) is 58.8 Å². The van der Waals surface area contributed by atoms with Crippen LogP contribution < -0.4 is 19.5 Å². The zero-order valence-electron chi connectivity index (χ0n) is 21.0. The Kier molecular flexibility index (Phi) is 8.42. The second-order valence-electron chi connectivity index (χ2n) is 8.67. The van der Waals surface area contributed by atoms with Crippen molar-refractivity contribution in [3.8, 4) is 17.2 Å². The van der Waals surface area contributed by atoms with E-state index in [2.05, 4.69) is 23.3 Å². The van der Waals surface area contributed by atoms with E-state index in [9.17, 15) is 4.79 Å². The predicted molar refractivity (Wildman–Crippen MR) is 144 cm³/mol. The molecule has 6 nitrogen and oxygen atoms in total. The lowest BCUT2D eigenvalue weighted by molar-refractivity contribution is 0.102. The molecule has 0 spiro atoms. The number of fused-ring (bicyclic) bond motifs is 1. The van der Waals surface area contributed by atoms with Crippen LogP contribution >= 0.6 is 0 Å². The fourth-order valence-electron chi connectivity index (χ4n) is 4.06. The van der Waals surface area contributed by atoms with Crippen LogP contribution in [0.4, 0.5) is 5.69 Å². The van der Waals surface area contributed by atoms with Crippen LogP contribution in [-0.2, 0) is 6.54 Å². The summed E-state index contributed by atoms with van der Waals surface area (Å²) in [6.07, 6.45) is 0.893. The number of anilines is 1. The third kappa shape index (κ3) is 6.55. The number of nitrogens with zero attached hydrogens (tertiary/aromatic N) is 1. The standard InChI is InChI=1S/C30H32N2O4/c1-32(21-22-9-16-28(34-2)29(19-22)35-3)17-6-18-36-27-14-12-26(13-15-27)31-30(33)25-11-10-23-7-4-5-8-24(23)20-25/h4-5,7-16,19-20H,6,17-18,21H2,1-3H3,(H,31,33). The maximum atomic E-state index is 12.7. The van der Waals surface area contributed by atoms with Crippen molar-refractivity contribution in [2.45, 2.75) is 13.0 Å². The minimum atomic E-state index is -0.132. The first-order valence-corrected chi connectivity index (χ1v) is 12.0. The molecule has 0 aliphatic heterocycles. The third-order valence-corrected chi connectivity index (χ3v) is 5.98. The van der Waals surface area contributed by atoms with Gasteiger partial charge in [0.1, 0.15) is 5.75 Å². The van der Waals surface area contributed by atoms with Crippen LogP contribution in [0.3, 0.4) is 0 Å². The van der Waals surface area contributed by atoms with Crippen molar-refractivity contribution < 1.29 is 19.0 Å². The van der Waals surface area contributed by atoms with Gasteiger partial charge in [0.2, 0.25) is 0 Å². The van der Waals surface area contributed by atoms with Gasteiger partial charge in [-0.1, -0.05) is 36.4 Å².